The van der Waals surface area contributed by atoms with Crippen molar-refractivity contribution in [1.82, 2.24) is 15.3 Å². The Hall–Kier alpha value is -3.65. The molecule has 0 unspecified atom stereocenters. The van der Waals surface area contributed by atoms with Crippen molar-refractivity contribution < 1.29 is 14.6 Å². The van der Waals surface area contributed by atoms with Gasteiger partial charge in [-0.2, -0.15) is 0 Å². The van der Waals surface area contributed by atoms with Gasteiger partial charge in [0.2, 0.25) is 5.88 Å². The van der Waals surface area contributed by atoms with Crippen LogP contribution in [0.5, 0.6) is 5.88 Å². The molecule has 1 saturated carbocycles. The van der Waals surface area contributed by atoms with Gasteiger partial charge in [0, 0.05) is 59.5 Å². The largest absolute Gasteiger partial charge is 0.475 e. The lowest BCUT2D eigenvalue weighted by atomic mass is 9.91. The Bertz CT molecular complexity index is 1340. The number of ether oxygens (including phenoxy) is 1. The third kappa shape index (κ3) is 6.68. The standard InChI is InChI=1S/C31H40N4O4/c1-5-35(25-9-7-6-8-10-25)28-17-24(23-11-12-29(32-18-23)39-14-13-36)16-26(22(28)4)30(37)33-19-27-20(2)15-21(3)34-31(27)38/h11-12,15-18,25,36H,5-10,13-14,19H2,1-4H3,(H,33,37)(H,34,38). The molecule has 8 heteroatoms. The highest BCUT2D eigenvalue weighted by Crippen LogP contribution is 2.35. The number of pyridine rings is 2. The zero-order chi connectivity index (χ0) is 27.9. The lowest BCUT2D eigenvalue weighted by Gasteiger charge is -2.37. The second-order valence-electron chi connectivity index (χ2n) is 10.3. The van der Waals surface area contributed by atoms with Crippen LogP contribution in [0.15, 0.2) is 41.3 Å². The molecule has 1 aliphatic rings. The lowest BCUT2D eigenvalue weighted by molar-refractivity contribution is 0.0950. The average molecular weight is 533 g/mol. The van der Waals surface area contributed by atoms with Gasteiger partial charge < -0.3 is 25.0 Å². The molecule has 1 aliphatic carbocycles. The molecule has 4 rings (SSSR count). The van der Waals surface area contributed by atoms with E-state index in [1.54, 1.807) is 12.3 Å². The van der Waals surface area contributed by atoms with E-state index in [1.807, 2.05) is 39.0 Å². The summed E-state index contributed by atoms with van der Waals surface area (Å²) in [5.74, 6) is 0.222. The van der Waals surface area contributed by atoms with Crippen LogP contribution in [0.2, 0.25) is 0 Å². The Labute approximate surface area is 230 Å². The number of carbonyl (C=O) groups excluding carboxylic acids is 1. The van der Waals surface area contributed by atoms with Crippen LogP contribution < -0.4 is 20.5 Å². The number of H-pyrrole nitrogens is 1. The maximum atomic E-state index is 13.6. The second kappa shape index (κ2) is 12.9. The number of anilines is 1. The Morgan fingerprint density at radius 3 is 2.54 bits per heavy atom. The smallest absolute Gasteiger partial charge is 0.253 e. The predicted molar refractivity (Wildman–Crippen MR) is 155 cm³/mol. The van der Waals surface area contributed by atoms with Crippen molar-refractivity contribution in [3.05, 3.63) is 74.8 Å². The molecule has 1 amide bonds. The number of hydrogen-bond acceptors (Lipinski definition) is 6. The third-order valence-corrected chi connectivity index (χ3v) is 7.62. The zero-order valence-corrected chi connectivity index (χ0v) is 23.5. The zero-order valence-electron chi connectivity index (χ0n) is 23.5. The van der Waals surface area contributed by atoms with E-state index in [0.29, 0.717) is 23.0 Å². The van der Waals surface area contributed by atoms with E-state index >= 15 is 0 Å². The van der Waals surface area contributed by atoms with Gasteiger partial charge in [-0.3, -0.25) is 9.59 Å². The van der Waals surface area contributed by atoms with Gasteiger partial charge in [-0.1, -0.05) is 19.3 Å². The molecule has 0 saturated heterocycles. The van der Waals surface area contributed by atoms with Crippen molar-refractivity contribution in [3.8, 4) is 17.0 Å². The van der Waals surface area contributed by atoms with Crippen LogP contribution in [-0.4, -0.2) is 46.8 Å². The molecule has 1 aromatic carbocycles. The van der Waals surface area contributed by atoms with Crippen molar-refractivity contribution in [3.63, 3.8) is 0 Å². The Morgan fingerprint density at radius 1 is 1.13 bits per heavy atom. The van der Waals surface area contributed by atoms with E-state index in [1.165, 1.54) is 19.3 Å². The van der Waals surface area contributed by atoms with Gasteiger partial charge in [0.05, 0.1) is 6.61 Å². The van der Waals surface area contributed by atoms with Crippen LogP contribution in [0.3, 0.4) is 0 Å². The van der Waals surface area contributed by atoms with Crippen LogP contribution in [-0.2, 0) is 6.54 Å². The maximum Gasteiger partial charge on any atom is 0.253 e. The van der Waals surface area contributed by atoms with Gasteiger partial charge in [0.25, 0.3) is 11.5 Å². The molecule has 208 valence electrons. The minimum absolute atomic E-state index is 0.0781. The van der Waals surface area contributed by atoms with E-state index in [-0.39, 0.29) is 31.2 Å². The van der Waals surface area contributed by atoms with Crippen molar-refractivity contribution in [2.45, 2.75) is 72.4 Å². The number of aromatic nitrogens is 2. The number of aliphatic hydroxyl groups excluding tert-OH is 1. The molecule has 3 aromatic rings. The Kier molecular flexibility index (Phi) is 9.41. The van der Waals surface area contributed by atoms with E-state index in [2.05, 4.69) is 33.2 Å². The van der Waals surface area contributed by atoms with Crippen molar-refractivity contribution in [1.29, 1.82) is 0 Å². The maximum absolute atomic E-state index is 13.6. The van der Waals surface area contributed by atoms with Crippen LogP contribution in [0.25, 0.3) is 11.1 Å². The van der Waals surface area contributed by atoms with Crippen LogP contribution >= 0.6 is 0 Å². The minimum atomic E-state index is -0.217. The SMILES string of the molecule is CCN(c1cc(-c2ccc(OCCO)nc2)cc(C(=O)NCc2c(C)cc(C)[nH]c2=O)c1C)C1CCCCC1. The first-order valence-corrected chi connectivity index (χ1v) is 13.9. The molecule has 0 spiro atoms. The summed E-state index contributed by atoms with van der Waals surface area (Å²) in [5, 5.41) is 12.0. The van der Waals surface area contributed by atoms with Crippen LogP contribution in [0, 0.1) is 20.8 Å². The van der Waals surface area contributed by atoms with Gasteiger partial charge >= 0.3 is 0 Å². The number of nitrogens with zero attached hydrogens (tertiary/aromatic N) is 2. The molecule has 8 nitrogen and oxygen atoms in total. The summed E-state index contributed by atoms with van der Waals surface area (Å²) in [6.07, 6.45) is 7.73. The van der Waals surface area contributed by atoms with Gasteiger partial charge in [-0.05, 0) is 81.5 Å². The summed E-state index contributed by atoms with van der Waals surface area (Å²) >= 11 is 0. The number of aryl methyl sites for hydroxylation is 2. The van der Waals surface area contributed by atoms with E-state index < -0.39 is 0 Å². The average Bonchev–Trinajstić information content (AvgIpc) is 2.93. The summed E-state index contributed by atoms with van der Waals surface area (Å²) in [6.45, 7) is 9.01. The van der Waals surface area contributed by atoms with Crippen molar-refractivity contribution in [2.24, 2.45) is 0 Å². The quantitative estimate of drug-likeness (QED) is 0.346. The first-order valence-electron chi connectivity index (χ1n) is 13.9. The summed E-state index contributed by atoms with van der Waals surface area (Å²) in [4.78, 5) is 35.8. The summed E-state index contributed by atoms with van der Waals surface area (Å²) in [7, 11) is 0. The fourth-order valence-corrected chi connectivity index (χ4v) is 5.57. The number of benzene rings is 1. The lowest BCUT2D eigenvalue weighted by Crippen LogP contribution is -2.37. The number of nitrogens with one attached hydrogen (secondary N) is 2. The molecule has 2 heterocycles. The van der Waals surface area contributed by atoms with Crippen LogP contribution in [0.1, 0.15) is 71.8 Å². The van der Waals surface area contributed by atoms with E-state index in [4.69, 9.17) is 9.84 Å². The van der Waals surface area contributed by atoms with Gasteiger partial charge in [0.1, 0.15) is 6.61 Å². The fourth-order valence-electron chi connectivity index (χ4n) is 5.57. The number of rotatable bonds is 10. The first kappa shape index (κ1) is 28.4. The molecule has 1 fully saturated rings. The summed E-state index contributed by atoms with van der Waals surface area (Å²) in [6, 6.07) is 10.1. The highest BCUT2D eigenvalue weighted by Gasteiger charge is 2.25. The molecule has 3 N–H and O–H groups in total. The molecule has 39 heavy (non-hydrogen) atoms. The Balaban J connectivity index is 1.71. The monoisotopic (exact) mass is 532 g/mol. The van der Waals surface area contributed by atoms with E-state index in [0.717, 1.165) is 53.0 Å². The number of amides is 1. The molecule has 0 atom stereocenters. The highest BCUT2D eigenvalue weighted by atomic mass is 16.5. The Morgan fingerprint density at radius 2 is 1.90 bits per heavy atom. The number of carbonyl (C=O) groups is 1. The van der Waals surface area contributed by atoms with Gasteiger partial charge in [-0.25, -0.2) is 4.98 Å². The van der Waals surface area contributed by atoms with Crippen molar-refractivity contribution >= 4 is 11.6 Å². The van der Waals surface area contributed by atoms with Gasteiger partial charge in [-0.15, -0.1) is 0 Å². The molecule has 0 bridgehead atoms. The van der Waals surface area contributed by atoms with Crippen LogP contribution in [0.4, 0.5) is 5.69 Å². The van der Waals surface area contributed by atoms with Gasteiger partial charge in [0.15, 0.2) is 0 Å². The molecular weight excluding hydrogens is 492 g/mol. The summed E-state index contributed by atoms with van der Waals surface area (Å²) < 4.78 is 5.42. The molecule has 0 radical (unpaired) electrons. The first-order chi connectivity index (χ1) is 18.8. The molecular formula is C31H40N4O4. The normalized spacial score (nSPS) is 13.8. The topological polar surface area (TPSA) is 108 Å². The fraction of sp³-hybridized carbons (Fsp3) is 0.452. The number of aliphatic hydroxyl groups is 1. The molecule has 2 aromatic heterocycles. The second-order valence-corrected chi connectivity index (χ2v) is 10.3. The van der Waals surface area contributed by atoms with E-state index in [9.17, 15) is 9.59 Å². The molecule has 0 aliphatic heterocycles. The highest BCUT2D eigenvalue weighted by molar-refractivity contribution is 5.99. The predicted octanol–water partition coefficient (Wildman–Crippen LogP) is 4.82. The van der Waals surface area contributed by atoms with Crippen molar-refractivity contribution in [2.75, 3.05) is 24.7 Å². The third-order valence-electron chi connectivity index (χ3n) is 7.62. The summed E-state index contributed by atoms with van der Waals surface area (Å²) in [5.41, 5.74) is 6.35. The number of aromatic amines is 1. The minimum Gasteiger partial charge on any atom is -0.475 e. The number of hydrogen-bond donors (Lipinski definition) is 3.